The summed E-state index contributed by atoms with van der Waals surface area (Å²) in [4.78, 5) is 2.12. The Balaban J connectivity index is 1.89. The van der Waals surface area contributed by atoms with Gasteiger partial charge in [-0.3, -0.25) is 0 Å². The quantitative estimate of drug-likeness (QED) is 0.552. The molecule has 0 amide bonds. The standard InChI is InChI=1S/C8H14N2S/c9-7(11)10-5-3-8(1-2-8)4-6-10/h1-6H2,(H2,9,11). The number of piperidine rings is 1. The fourth-order valence-corrected chi connectivity index (χ4v) is 2.06. The second-order valence-electron chi connectivity index (χ2n) is 3.83. The molecule has 11 heavy (non-hydrogen) atoms. The highest BCUT2D eigenvalue weighted by atomic mass is 32.1. The monoisotopic (exact) mass is 170 g/mol. The summed E-state index contributed by atoms with van der Waals surface area (Å²) in [5.41, 5.74) is 6.27. The van der Waals surface area contributed by atoms with Crippen LogP contribution in [0.1, 0.15) is 25.7 Å². The molecule has 0 atom stereocenters. The molecular weight excluding hydrogens is 156 g/mol. The zero-order valence-electron chi connectivity index (χ0n) is 6.68. The van der Waals surface area contributed by atoms with Gasteiger partial charge in [-0.15, -0.1) is 0 Å². The molecule has 0 radical (unpaired) electrons. The normalized spacial score (nSPS) is 27.1. The molecule has 2 aliphatic rings. The lowest BCUT2D eigenvalue weighted by molar-refractivity contribution is 0.251. The van der Waals surface area contributed by atoms with E-state index < -0.39 is 0 Å². The Bertz CT molecular complexity index is 177. The Hall–Kier alpha value is -0.310. The Morgan fingerprint density at radius 2 is 1.73 bits per heavy atom. The van der Waals surface area contributed by atoms with E-state index >= 15 is 0 Å². The zero-order chi connectivity index (χ0) is 7.90. The van der Waals surface area contributed by atoms with Crippen LogP contribution >= 0.6 is 12.2 Å². The zero-order valence-corrected chi connectivity index (χ0v) is 7.49. The van der Waals surface area contributed by atoms with Gasteiger partial charge in [0, 0.05) is 13.1 Å². The molecule has 1 saturated heterocycles. The maximum absolute atomic E-state index is 5.53. The predicted molar refractivity (Wildman–Crippen MR) is 49.3 cm³/mol. The lowest BCUT2D eigenvalue weighted by Crippen LogP contribution is -2.41. The average Bonchev–Trinajstić information content (AvgIpc) is 2.70. The first kappa shape index (κ1) is 7.35. The van der Waals surface area contributed by atoms with Crippen LogP contribution in [0.15, 0.2) is 0 Å². The lowest BCUT2D eigenvalue weighted by Gasteiger charge is -2.32. The second-order valence-corrected chi connectivity index (χ2v) is 4.24. The number of nitrogens with two attached hydrogens (primary N) is 1. The third-order valence-electron chi connectivity index (χ3n) is 3.09. The largest absolute Gasteiger partial charge is 0.376 e. The van der Waals surface area contributed by atoms with Gasteiger partial charge in [-0.25, -0.2) is 0 Å². The van der Waals surface area contributed by atoms with Crippen LogP contribution in [0.5, 0.6) is 0 Å². The van der Waals surface area contributed by atoms with E-state index in [2.05, 4.69) is 4.90 Å². The van der Waals surface area contributed by atoms with Crippen molar-refractivity contribution in [3.8, 4) is 0 Å². The molecule has 0 aromatic heterocycles. The third kappa shape index (κ3) is 1.34. The summed E-state index contributed by atoms with van der Waals surface area (Å²) in [6.07, 6.45) is 5.50. The van der Waals surface area contributed by atoms with Crippen molar-refractivity contribution >= 4 is 17.3 Å². The van der Waals surface area contributed by atoms with Gasteiger partial charge in [0.05, 0.1) is 0 Å². The lowest BCUT2D eigenvalue weighted by atomic mass is 9.94. The van der Waals surface area contributed by atoms with Crippen molar-refractivity contribution in [2.75, 3.05) is 13.1 Å². The fraction of sp³-hybridized carbons (Fsp3) is 0.875. The van der Waals surface area contributed by atoms with Crippen LogP contribution in [0, 0.1) is 5.41 Å². The van der Waals surface area contributed by atoms with Gasteiger partial charge in [-0.1, -0.05) is 0 Å². The SMILES string of the molecule is NC(=S)N1CCC2(CC1)CC2. The molecule has 0 unspecified atom stereocenters. The summed E-state index contributed by atoms with van der Waals surface area (Å²) in [6.45, 7) is 2.19. The molecule has 1 heterocycles. The van der Waals surface area contributed by atoms with Crippen LogP contribution in [0.25, 0.3) is 0 Å². The van der Waals surface area contributed by atoms with E-state index in [1.165, 1.54) is 25.7 Å². The summed E-state index contributed by atoms with van der Waals surface area (Å²) in [5.74, 6) is 0. The van der Waals surface area contributed by atoms with Gasteiger partial charge in [-0.05, 0) is 43.3 Å². The number of hydrogen-bond acceptors (Lipinski definition) is 1. The van der Waals surface area contributed by atoms with Crippen LogP contribution in [0.2, 0.25) is 0 Å². The number of nitrogens with zero attached hydrogens (tertiary/aromatic N) is 1. The highest BCUT2D eigenvalue weighted by molar-refractivity contribution is 7.80. The first-order valence-corrected chi connectivity index (χ1v) is 4.67. The first-order valence-electron chi connectivity index (χ1n) is 4.26. The van der Waals surface area contributed by atoms with Crippen molar-refractivity contribution in [1.29, 1.82) is 0 Å². The minimum absolute atomic E-state index is 0.584. The topological polar surface area (TPSA) is 29.3 Å². The molecule has 3 heteroatoms. The van der Waals surface area contributed by atoms with Crippen molar-refractivity contribution in [2.24, 2.45) is 11.1 Å². The van der Waals surface area contributed by atoms with E-state index in [9.17, 15) is 0 Å². The summed E-state index contributed by atoms with van der Waals surface area (Å²) in [6, 6.07) is 0. The van der Waals surface area contributed by atoms with Gasteiger partial charge in [0.2, 0.25) is 0 Å². The van der Waals surface area contributed by atoms with Crippen LogP contribution in [-0.4, -0.2) is 23.1 Å². The van der Waals surface area contributed by atoms with E-state index in [0.717, 1.165) is 18.5 Å². The number of hydrogen-bond donors (Lipinski definition) is 1. The van der Waals surface area contributed by atoms with Crippen LogP contribution in [0.4, 0.5) is 0 Å². The predicted octanol–water partition coefficient (Wildman–Crippen LogP) is 1.11. The Labute approximate surface area is 72.7 Å². The van der Waals surface area contributed by atoms with Gasteiger partial charge in [-0.2, -0.15) is 0 Å². The molecular formula is C8H14N2S. The van der Waals surface area contributed by atoms with Gasteiger partial charge < -0.3 is 10.6 Å². The molecule has 1 aliphatic carbocycles. The minimum Gasteiger partial charge on any atom is -0.376 e. The molecule has 2 nitrogen and oxygen atoms in total. The third-order valence-corrected chi connectivity index (χ3v) is 3.35. The van der Waals surface area contributed by atoms with E-state index in [4.69, 9.17) is 18.0 Å². The Morgan fingerprint density at radius 1 is 1.18 bits per heavy atom. The van der Waals surface area contributed by atoms with Crippen molar-refractivity contribution in [3.63, 3.8) is 0 Å². The van der Waals surface area contributed by atoms with Gasteiger partial charge in [0.15, 0.2) is 5.11 Å². The molecule has 2 rings (SSSR count). The first-order chi connectivity index (χ1) is 5.22. The highest BCUT2D eigenvalue weighted by Gasteiger charge is 2.44. The Kier molecular flexibility index (Phi) is 1.56. The van der Waals surface area contributed by atoms with E-state index in [1.54, 1.807) is 0 Å². The molecule has 2 fully saturated rings. The molecule has 0 aromatic rings. The van der Waals surface area contributed by atoms with Crippen molar-refractivity contribution in [3.05, 3.63) is 0 Å². The molecule has 2 N–H and O–H groups in total. The minimum atomic E-state index is 0.584. The van der Waals surface area contributed by atoms with Crippen molar-refractivity contribution in [1.82, 2.24) is 4.90 Å². The van der Waals surface area contributed by atoms with Gasteiger partial charge in [0.25, 0.3) is 0 Å². The summed E-state index contributed by atoms with van der Waals surface area (Å²) in [7, 11) is 0. The number of thiocarbonyl (C=S) groups is 1. The Morgan fingerprint density at radius 3 is 2.09 bits per heavy atom. The molecule has 1 aliphatic heterocycles. The average molecular weight is 170 g/mol. The van der Waals surface area contributed by atoms with Crippen molar-refractivity contribution in [2.45, 2.75) is 25.7 Å². The summed E-state index contributed by atoms with van der Waals surface area (Å²) < 4.78 is 0. The molecule has 1 spiro atoms. The van der Waals surface area contributed by atoms with Crippen LogP contribution in [0.3, 0.4) is 0 Å². The van der Waals surface area contributed by atoms with Crippen LogP contribution < -0.4 is 5.73 Å². The summed E-state index contributed by atoms with van der Waals surface area (Å²) >= 11 is 4.91. The maximum Gasteiger partial charge on any atom is 0.166 e. The maximum atomic E-state index is 5.53. The smallest absolute Gasteiger partial charge is 0.166 e. The fourth-order valence-electron chi connectivity index (χ4n) is 1.88. The van der Waals surface area contributed by atoms with Gasteiger partial charge >= 0.3 is 0 Å². The highest BCUT2D eigenvalue weighted by Crippen LogP contribution is 2.53. The molecule has 1 saturated carbocycles. The number of rotatable bonds is 0. The van der Waals surface area contributed by atoms with Gasteiger partial charge in [0.1, 0.15) is 0 Å². The second kappa shape index (κ2) is 2.34. The molecule has 62 valence electrons. The number of likely N-dealkylation sites (tertiary alicyclic amines) is 1. The summed E-state index contributed by atoms with van der Waals surface area (Å²) in [5, 5.41) is 0.584. The van der Waals surface area contributed by atoms with E-state index in [0.29, 0.717) is 5.11 Å². The molecule has 0 bridgehead atoms. The molecule has 0 aromatic carbocycles. The van der Waals surface area contributed by atoms with E-state index in [-0.39, 0.29) is 0 Å². The van der Waals surface area contributed by atoms with E-state index in [1.807, 2.05) is 0 Å². The van der Waals surface area contributed by atoms with Crippen molar-refractivity contribution < 1.29 is 0 Å². The van der Waals surface area contributed by atoms with Crippen LogP contribution in [-0.2, 0) is 0 Å².